The van der Waals surface area contributed by atoms with Crippen molar-refractivity contribution in [2.45, 2.75) is 38.0 Å². The molecule has 0 bridgehead atoms. The van der Waals surface area contributed by atoms with Crippen LogP contribution in [0.1, 0.15) is 19.3 Å². The Balaban J connectivity index is 2.11. The van der Waals surface area contributed by atoms with Gasteiger partial charge in [-0.2, -0.15) is 8.78 Å². The summed E-state index contributed by atoms with van der Waals surface area (Å²) in [7, 11) is 0. The van der Waals surface area contributed by atoms with Crippen LogP contribution in [0.3, 0.4) is 0 Å². The van der Waals surface area contributed by atoms with E-state index in [0.717, 1.165) is 19.3 Å². The van der Waals surface area contributed by atoms with E-state index < -0.39 is 6.61 Å². The van der Waals surface area contributed by atoms with Crippen molar-refractivity contribution in [3.63, 3.8) is 0 Å². The van der Waals surface area contributed by atoms with Gasteiger partial charge >= 0.3 is 6.61 Å². The number of hydrogen-bond donors (Lipinski definition) is 2. The standard InChI is InChI=1S/C12H14Cl2F2N2O/c13-9-4-8(18-7-2-1-6(17)3-7)5-10(14)11(9)19-12(15)16/h4-7,12,18H,1-3,17H2. The fourth-order valence-corrected chi connectivity index (χ4v) is 2.80. The van der Waals surface area contributed by atoms with Crippen LogP contribution in [0.5, 0.6) is 5.75 Å². The zero-order valence-corrected chi connectivity index (χ0v) is 11.5. The van der Waals surface area contributed by atoms with Gasteiger partial charge in [0, 0.05) is 17.8 Å². The molecule has 1 aliphatic rings. The number of nitrogens with two attached hydrogens (primary N) is 1. The Hall–Kier alpha value is -0.780. The van der Waals surface area contributed by atoms with Gasteiger partial charge in [-0.15, -0.1) is 0 Å². The van der Waals surface area contributed by atoms with Crippen LogP contribution in [0.4, 0.5) is 14.5 Å². The molecule has 0 spiro atoms. The first-order chi connectivity index (χ1) is 8.95. The summed E-state index contributed by atoms with van der Waals surface area (Å²) in [6, 6.07) is 3.50. The van der Waals surface area contributed by atoms with E-state index in [1.165, 1.54) is 12.1 Å². The van der Waals surface area contributed by atoms with Gasteiger partial charge in [0.2, 0.25) is 0 Å². The smallest absolute Gasteiger partial charge is 0.387 e. The summed E-state index contributed by atoms with van der Waals surface area (Å²) >= 11 is 11.8. The summed E-state index contributed by atoms with van der Waals surface area (Å²) < 4.78 is 28.6. The Morgan fingerprint density at radius 1 is 1.26 bits per heavy atom. The minimum absolute atomic E-state index is 0.0533. The molecule has 1 aliphatic carbocycles. The molecule has 1 aromatic rings. The second kappa shape index (κ2) is 6.11. The first-order valence-electron chi connectivity index (χ1n) is 5.91. The predicted molar refractivity (Wildman–Crippen MR) is 72.3 cm³/mol. The molecule has 0 saturated heterocycles. The van der Waals surface area contributed by atoms with Crippen molar-refractivity contribution in [3.8, 4) is 5.75 Å². The maximum absolute atomic E-state index is 12.2. The topological polar surface area (TPSA) is 47.3 Å². The van der Waals surface area contributed by atoms with E-state index in [9.17, 15) is 8.78 Å². The Labute approximate surface area is 120 Å². The Morgan fingerprint density at radius 2 is 1.89 bits per heavy atom. The van der Waals surface area contributed by atoms with E-state index in [2.05, 4.69) is 10.1 Å². The summed E-state index contributed by atoms with van der Waals surface area (Å²) in [5.41, 5.74) is 6.50. The van der Waals surface area contributed by atoms with Gasteiger partial charge in [0.15, 0.2) is 5.75 Å². The third kappa shape index (κ3) is 3.84. The largest absolute Gasteiger partial charge is 0.432 e. The summed E-state index contributed by atoms with van der Waals surface area (Å²) in [6.45, 7) is -2.96. The summed E-state index contributed by atoms with van der Waals surface area (Å²) in [6.07, 6.45) is 2.79. The van der Waals surface area contributed by atoms with Crippen LogP contribution >= 0.6 is 23.2 Å². The normalized spacial score (nSPS) is 22.8. The lowest BCUT2D eigenvalue weighted by Gasteiger charge is -2.16. The number of anilines is 1. The lowest BCUT2D eigenvalue weighted by Crippen LogP contribution is -2.20. The second-order valence-electron chi connectivity index (χ2n) is 4.56. The van der Waals surface area contributed by atoms with Gasteiger partial charge in [0.25, 0.3) is 0 Å². The van der Waals surface area contributed by atoms with Gasteiger partial charge in [-0.3, -0.25) is 0 Å². The van der Waals surface area contributed by atoms with E-state index >= 15 is 0 Å². The molecule has 2 atom stereocenters. The highest BCUT2D eigenvalue weighted by molar-refractivity contribution is 6.37. The van der Waals surface area contributed by atoms with Crippen LogP contribution in [-0.2, 0) is 0 Å². The molecule has 0 aliphatic heterocycles. The van der Waals surface area contributed by atoms with Crippen LogP contribution in [-0.4, -0.2) is 18.7 Å². The van der Waals surface area contributed by atoms with Crippen LogP contribution in [0.15, 0.2) is 12.1 Å². The number of rotatable bonds is 4. The summed E-state index contributed by atoms with van der Waals surface area (Å²) in [5, 5.41) is 3.35. The molecule has 0 aromatic heterocycles. The fourth-order valence-electron chi connectivity index (χ4n) is 2.23. The van der Waals surface area contributed by atoms with E-state index in [1.807, 2.05) is 0 Å². The minimum Gasteiger partial charge on any atom is -0.432 e. The lowest BCUT2D eigenvalue weighted by molar-refractivity contribution is -0.0497. The van der Waals surface area contributed by atoms with Crippen molar-refractivity contribution in [1.29, 1.82) is 0 Å². The monoisotopic (exact) mass is 310 g/mol. The maximum Gasteiger partial charge on any atom is 0.387 e. The molecule has 2 rings (SSSR count). The molecule has 0 radical (unpaired) electrons. The van der Waals surface area contributed by atoms with Gasteiger partial charge in [-0.05, 0) is 31.4 Å². The highest BCUT2D eigenvalue weighted by atomic mass is 35.5. The quantitative estimate of drug-likeness (QED) is 0.887. The third-order valence-corrected chi connectivity index (χ3v) is 3.61. The van der Waals surface area contributed by atoms with Crippen molar-refractivity contribution in [3.05, 3.63) is 22.2 Å². The molecular weight excluding hydrogens is 297 g/mol. The molecule has 1 fully saturated rings. The summed E-state index contributed by atoms with van der Waals surface area (Å²) in [4.78, 5) is 0. The van der Waals surface area contributed by atoms with E-state index in [0.29, 0.717) is 5.69 Å². The van der Waals surface area contributed by atoms with Crippen LogP contribution in [0, 0.1) is 0 Å². The molecular formula is C12H14Cl2F2N2O. The van der Waals surface area contributed by atoms with E-state index in [4.69, 9.17) is 28.9 Å². The maximum atomic E-state index is 12.2. The molecule has 3 N–H and O–H groups in total. The van der Waals surface area contributed by atoms with Crippen molar-refractivity contribution < 1.29 is 13.5 Å². The second-order valence-corrected chi connectivity index (χ2v) is 5.38. The average molecular weight is 311 g/mol. The van der Waals surface area contributed by atoms with Gasteiger partial charge in [0.1, 0.15) is 0 Å². The zero-order chi connectivity index (χ0) is 14.0. The predicted octanol–water partition coefficient (Wildman–Crippen LogP) is 3.89. The lowest BCUT2D eigenvalue weighted by atomic mass is 10.2. The van der Waals surface area contributed by atoms with Crippen LogP contribution in [0.25, 0.3) is 0 Å². The number of benzene rings is 1. The van der Waals surface area contributed by atoms with Crippen LogP contribution in [0.2, 0.25) is 10.0 Å². The molecule has 1 aromatic carbocycles. The first kappa shape index (κ1) is 14.6. The van der Waals surface area contributed by atoms with Gasteiger partial charge in [-0.1, -0.05) is 23.2 Å². The molecule has 19 heavy (non-hydrogen) atoms. The Morgan fingerprint density at radius 3 is 2.37 bits per heavy atom. The van der Waals surface area contributed by atoms with Crippen molar-refractivity contribution in [2.75, 3.05) is 5.32 Å². The van der Waals surface area contributed by atoms with Crippen LogP contribution < -0.4 is 15.8 Å². The van der Waals surface area contributed by atoms with E-state index in [1.54, 1.807) is 0 Å². The average Bonchev–Trinajstić information content (AvgIpc) is 2.69. The number of halogens is 4. The number of ether oxygens (including phenoxy) is 1. The Kier molecular flexibility index (Phi) is 4.71. The minimum atomic E-state index is -2.96. The molecule has 2 unspecified atom stereocenters. The molecule has 1 saturated carbocycles. The SMILES string of the molecule is NC1CCC(Nc2cc(Cl)c(OC(F)F)c(Cl)c2)C1. The fraction of sp³-hybridized carbons (Fsp3) is 0.500. The molecule has 0 amide bonds. The van der Waals surface area contributed by atoms with Crippen molar-refractivity contribution in [2.24, 2.45) is 5.73 Å². The zero-order valence-electron chi connectivity index (χ0n) is 10.0. The third-order valence-electron chi connectivity index (χ3n) is 3.05. The highest BCUT2D eigenvalue weighted by Gasteiger charge is 2.22. The summed E-state index contributed by atoms with van der Waals surface area (Å²) in [5.74, 6) is -0.202. The van der Waals surface area contributed by atoms with Crippen molar-refractivity contribution >= 4 is 28.9 Å². The molecule has 106 valence electrons. The van der Waals surface area contributed by atoms with E-state index in [-0.39, 0.29) is 27.9 Å². The molecule has 7 heteroatoms. The number of hydrogen-bond acceptors (Lipinski definition) is 3. The number of alkyl halides is 2. The van der Waals surface area contributed by atoms with Gasteiger partial charge in [-0.25, -0.2) is 0 Å². The van der Waals surface area contributed by atoms with Gasteiger partial charge < -0.3 is 15.8 Å². The highest BCUT2D eigenvalue weighted by Crippen LogP contribution is 2.37. The Bertz CT molecular complexity index is 436. The number of nitrogens with one attached hydrogen (secondary N) is 1. The molecule has 3 nitrogen and oxygen atoms in total. The first-order valence-corrected chi connectivity index (χ1v) is 6.67. The molecule has 0 heterocycles. The van der Waals surface area contributed by atoms with Crippen molar-refractivity contribution in [1.82, 2.24) is 0 Å². The van der Waals surface area contributed by atoms with Gasteiger partial charge in [0.05, 0.1) is 10.0 Å².